The zero-order chi connectivity index (χ0) is 25.9. The Kier molecular flexibility index (Phi) is 13.6. The molecule has 3 heterocycles. The second kappa shape index (κ2) is 16.1. The monoisotopic (exact) mass is 538 g/mol. The van der Waals surface area contributed by atoms with Crippen molar-refractivity contribution in [2.45, 2.75) is 26.2 Å². The number of halogens is 3. The topological polar surface area (TPSA) is 125 Å². The summed E-state index contributed by atoms with van der Waals surface area (Å²) in [4.78, 5) is 25.0. The van der Waals surface area contributed by atoms with Gasteiger partial charge in [-0.1, -0.05) is 18.2 Å². The molecule has 4 rings (SSSR count). The van der Waals surface area contributed by atoms with Gasteiger partial charge in [-0.25, -0.2) is 15.4 Å². The normalized spacial score (nSPS) is 12.7. The fourth-order valence-electron chi connectivity index (χ4n) is 4.46. The fourth-order valence-corrected chi connectivity index (χ4v) is 4.46. The van der Waals surface area contributed by atoms with Crippen molar-refractivity contribution in [1.82, 2.24) is 25.3 Å². The van der Waals surface area contributed by atoms with Crippen LogP contribution in [0.5, 0.6) is 0 Å². The summed E-state index contributed by atoms with van der Waals surface area (Å²) in [6.07, 6.45) is 8.13. The first kappa shape index (κ1) is 32.2. The van der Waals surface area contributed by atoms with E-state index in [-0.39, 0.29) is 15.0 Å². The van der Waals surface area contributed by atoms with Crippen molar-refractivity contribution in [2.75, 3.05) is 31.1 Å². The Bertz CT molecular complexity index is 1210. The molecule has 1 aliphatic rings. The number of piperidine rings is 1. The molecule has 0 atom stereocenters. The van der Waals surface area contributed by atoms with Crippen LogP contribution in [0.2, 0.25) is 0 Å². The lowest BCUT2D eigenvalue weighted by Gasteiger charge is -2.32. The maximum atomic E-state index is 11.4. The molecule has 0 spiro atoms. The third-order valence-electron chi connectivity index (χ3n) is 6.50. The quantitative estimate of drug-likeness (QED) is 0.119. The highest BCUT2D eigenvalue weighted by Gasteiger charge is 2.21. The van der Waals surface area contributed by atoms with E-state index in [9.17, 15) is 9.18 Å². The minimum Gasteiger partial charge on any atom is -0.348 e. The largest absolute Gasteiger partial charge is 0.348 e. The average molecular weight is 539 g/mol. The van der Waals surface area contributed by atoms with Gasteiger partial charge in [-0.2, -0.15) is 5.26 Å². The predicted octanol–water partition coefficient (Wildman–Crippen LogP) is 3.11. The number of rotatable bonds is 7. The molecular formula is C25H33F3N6O4. The Morgan fingerprint density at radius 3 is 2.45 bits per heavy atom. The predicted molar refractivity (Wildman–Crippen MR) is 138 cm³/mol. The Balaban J connectivity index is 0.000000946. The first-order chi connectivity index (χ1) is 17.5. The van der Waals surface area contributed by atoms with E-state index < -0.39 is 5.91 Å². The molecule has 0 aliphatic carbocycles. The van der Waals surface area contributed by atoms with Crippen molar-refractivity contribution in [3.8, 4) is 12.3 Å². The van der Waals surface area contributed by atoms with Gasteiger partial charge in [0.1, 0.15) is 0 Å². The molecule has 1 saturated heterocycles. The SMILES string of the molecule is Cc1c(CCNCC2CCN(c3ncc(C(=O)NO)cn3)CC2)c2ccccc2n1C.F.F.OOC#CF. The summed E-state index contributed by atoms with van der Waals surface area (Å²) in [5, 5.41) is 20.9. The fraction of sp³-hybridized carbons (Fsp3) is 0.400. The second-order valence-corrected chi connectivity index (χ2v) is 8.53. The number of hydrogen-bond donors (Lipinski definition) is 4. The van der Waals surface area contributed by atoms with Gasteiger partial charge in [0.15, 0.2) is 12.3 Å². The number of nitrogens with zero attached hydrogens (tertiary/aromatic N) is 4. The van der Waals surface area contributed by atoms with Gasteiger partial charge in [0.2, 0.25) is 5.95 Å². The number of nitrogens with one attached hydrogen (secondary N) is 2. The Hall–Kier alpha value is -3.86. The van der Waals surface area contributed by atoms with E-state index >= 15 is 0 Å². The van der Waals surface area contributed by atoms with Gasteiger partial charge in [-0.3, -0.25) is 24.3 Å². The number of hydroxylamine groups is 1. The number of aromatic nitrogens is 3. The van der Waals surface area contributed by atoms with Crippen molar-refractivity contribution in [1.29, 1.82) is 0 Å². The summed E-state index contributed by atoms with van der Waals surface area (Å²) in [7, 11) is 2.14. The summed E-state index contributed by atoms with van der Waals surface area (Å²) < 4.78 is 12.6. The Morgan fingerprint density at radius 2 is 1.87 bits per heavy atom. The number of benzene rings is 1. The van der Waals surface area contributed by atoms with E-state index in [4.69, 9.17) is 10.5 Å². The van der Waals surface area contributed by atoms with Crippen molar-refractivity contribution in [3.05, 3.63) is 53.5 Å². The molecule has 4 N–H and O–H groups in total. The van der Waals surface area contributed by atoms with Crippen LogP contribution in [0.15, 0.2) is 36.7 Å². The molecule has 0 unspecified atom stereocenters. The molecule has 0 radical (unpaired) electrons. The number of anilines is 1. The highest BCUT2D eigenvalue weighted by Crippen LogP contribution is 2.25. The van der Waals surface area contributed by atoms with Gasteiger partial charge in [-0.15, -0.1) is 4.39 Å². The molecule has 3 aromatic rings. The van der Waals surface area contributed by atoms with Gasteiger partial charge < -0.3 is 14.8 Å². The molecule has 13 heteroatoms. The number of fused-ring (bicyclic) bond motifs is 1. The smallest absolute Gasteiger partial charge is 0.277 e. The summed E-state index contributed by atoms with van der Waals surface area (Å²) >= 11 is 0. The third kappa shape index (κ3) is 8.07. The Labute approximate surface area is 218 Å². The van der Waals surface area contributed by atoms with Gasteiger partial charge in [0.25, 0.3) is 5.91 Å². The number of carbonyl (C=O) groups is 1. The van der Waals surface area contributed by atoms with Crippen LogP contribution in [0.3, 0.4) is 0 Å². The lowest BCUT2D eigenvalue weighted by molar-refractivity contribution is -0.172. The van der Waals surface area contributed by atoms with Gasteiger partial charge in [0.05, 0.1) is 5.56 Å². The standard InChI is InChI=1S/C23H30N6O2.C2HFO2.2FH/c1-16-19(20-5-3-4-6-21(20)28(16)2)7-10-24-13-17-8-11-29(12-9-17)23-25-14-18(15-26-23)22(30)27-31;3-1-2-5-4;;/h3-6,14-15,17,24,31H,7-13H2,1-2H3,(H,27,30);4H;2*1H. The van der Waals surface area contributed by atoms with Crippen LogP contribution < -0.4 is 15.7 Å². The van der Waals surface area contributed by atoms with Gasteiger partial charge in [0, 0.05) is 49.1 Å². The molecule has 0 saturated carbocycles. The minimum atomic E-state index is -0.602. The molecule has 38 heavy (non-hydrogen) atoms. The molecule has 0 bridgehead atoms. The summed E-state index contributed by atoms with van der Waals surface area (Å²) in [6.45, 7) is 6.01. The van der Waals surface area contributed by atoms with E-state index in [1.807, 2.05) is 0 Å². The molecule has 10 nitrogen and oxygen atoms in total. The number of para-hydroxylation sites is 1. The minimum absolute atomic E-state index is 0. The van der Waals surface area contributed by atoms with E-state index in [0.29, 0.717) is 11.9 Å². The average Bonchev–Trinajstić information content (AvgIpc) is 3.17. The molecule has 2 aromatic heterocycles. The molecular weight excluding hydrogens is 505 g/mol. The van der Waals surface area contributed by atoms with E-state index in [0.717, 1.165) is 51.6 Å². The van der Waals surface area contributed by atoms with Gasteiger partial charge in [-0.05, 0) is 56.8 Å². The zero-order valence-electron chi connectivity index (χ0n) is 21.2. The molecule has 208 valence electrons. The third-order valence-corrected chi connectivity index (χ3v) is 6.50. The number of aryl methyl sites for hydroxylation is 1. The zero-order valence-corrected chi connectivity index (χ0v) is 21.2. The van der Waals surface area contributed by atoms with E-state index in [1.54, 1.807) is 5.48 Å². The number of carbonyl (C=O) groups excluding carboxylic acids is 1. The summed E-state index contributed by atoms with van der Waals surface area (Å²) in [6, 6.07) is 8.62. The van der Waals surface area contributed by atoms with Crippen molar-refractivity contribution >= 4 is 22.8 Å². The Morgan fingerprint density at radius 1 is 1.21 bits per heavy atom. The van der Waals surface area contributed by atoms with Crippen LogP contribution in [0.1, 0.15) is 34.5 Å². The van der Waals surface area contributed by atoms with Crippen LogP contribution in [0.25, 0.3) is 10.9 Å². The highest BCUT2D eigenvalue weighted by molar-refractivity contribution is 5.92. The van der Waals surface area contributed by atoms with E-state index in [2.05, 4.69) is 67.9 Å². The highest BCUT2D eigenvalue weighted by atomic mass is 19.1. The maximum absolute atomic E-state index is 11.4. The van der Waals surface area contributed by atoms with Crippen molar-refractivity contribution in [2.24, 2.45) is 13.0 Å². The van der Waals surface area contributed by atoms with Crippen LogP contribution in [0.4, 0.5) is 19.7 Å². The van der Waals surface area contributed by atoms with Gasteiger partial charge >= 0.3 is 0 Å². The number of hydrogen-bond acceptors (Lipinski definition) is 8. The van der Waals surface area contributed by atoms with Crippen LogP contribution in [-0.2, 0) is 18.4 Å². The second-order valence-electron chi connectivity index (χ2n) is 8.53. The maximum Gasteiger partial charge on any atom is 0.277 e. The number of amides is 1. The van der Waals surface area contributed by atoms with Crippen LogP contribution in [-0.4, -0.2) is 57.1 Å². The first-order valence-electron chi connectivity index (χ1n) is 11.7. The molecule has 1 aliphatic heterocycles. The molecule has 1 aromatic carbocycles. The van der Waals surface area contributed by atoms with Crippen LogP contribution >= 0.6 is 0 Å². The first-order valence-corrected chi connectivity index (χ1v) is 11.7. The van der Waals surface area contributed by atoms with Crippen molar-refractivity contribution in [3.63, 3.8) is 0 Å². The summed E-state index contributed by atoms with van der Waals surface area (Å²) in [5.41, 5.74) is 5.92. The lowest BCUT2D eigenvalue weighted by Crippen LogP contribution is -2.38. The molecule has 1 fully saturated rings. The van der Waals surface area contributed by atoms with Crippen molar-refractivity contribution < 1.29 is 33.9 Å². The van der Waals surface area contributed by atoms with E-state index in [1.165, 1.54) is 40.7 Å². The summed E-state index contributed by atoms with van der Waals surface area (Å²) in [5.74, 6) is 0.673. The molecule has 1 amide bonds. The van der Waals surface area contributed by atoms with Crippen LogP contribution in [0, 0.1) is 25.1 Å². The lowest BCUT2D eigenvalue weighted by atomic mass is 9.97.